The Labute approximate surface area is 545 Å². The summed E-state index contributed by atoms with van der Waals surface area (Å²) in [6, 6.07) is -7.07. The number of carbonyl (C=O) groups is 11. The highest BCUT2D eigenvalue weighted by Crippen LogP contribution is 2.37. The topological polar surface area (TPSA) is 259 Å². The van der Waals surface area contributed by atoms with Crippen molar-refractivity contribution < 1.29 is 70.6 Å². The second kappa shape index (κ2) is 33.0. The summed E-state index contributed by atoms with van der Waals surface area (Å²) < 4.78 is 47.2. The number of aryl methyl sites for hydroxylation is 1. The molecule has 1 aromatic rings. The first-order valence-electron chi connectivity index (χ1n) is 32.6. The Kier molecular flexibility index (Phi) is 27.3. The van der Waals surface area contributed by atoms with E-state index < -0.39 is 160 Å². The van der Waals surface area contributed by atoms with Crippen molar-refractivity contribution in [2.45, 2.75) is 218 Å². The number of carbonyl (C=O) groups excluding carboxylic acids is 11. The Morgan fingerprint density at radius 1 is 0.674 bits per heavy atom. The minimum absolute atomic E-state index is 0.0455. The molecular weight excluding hydrogens is 1220 g/mol. The highest BCUT2D eigenvalue weighted by atomic mass is 35.5. The fraction of sp³-hybridized carbons (Fsp3) is 0.738. The van der Waals surface area contributed by atoms with E-state index in [1.807, 2.05) is 41.5 Å². The lowest BCUT2D eigenvalue weighted by Gasteiger charge is -2.45. The molecule has 0 unspecified atom stereocenters. The van der Waals surface area contributed by atoms with Crippen molar-refractivity contribution in [3.05, 3.63) is 34.3 Å². The normalized spacial score (nSPS) is 27.3. The number of nitrogens with zero attached hydrogens (tertiary/aromatic N) is 8. The van der Waals surface area contributed by atoms with Gasteiger partial charge in [-0.15, -0.1) is 0 Å². The molecule has 0 radical (unpaired) electrons. The Bertz CT molecular complexity index is 2840. The molecule has 11 atom stereocenters. The average molecular weight is 1320 g/mol. The molecule has 23 nitrogen and oxygen atoms in total. The molecule has 1 aromatic carbocycles. The molecule has 3 aliphatic heterocycles. The molecule has 92 heavy (non-hydrogen) atoms. The number of halogens is 4. The fourth-order valence-electron chi connectivity index (χ4n) is 12.7. The number of hydrogen-bond acceptors (Lipinski definition) is 12. The van der Waals surface area contributed by atoms with E-state index in [2.05, 4.69) is 16.0 Å². The first-order valence-corrected chi connectivity index (χ1v) is 33.0. The third-order valence-corrected chi connectivity index (χ3v) is 19.7. The van der Waals surface area contributed by atoms with E-state index in [0.717, 1.165) is 21.9 Å². The van der Waals surface area contributed by atoms with Crippen LogP contribution in [0, 0.1) is 17.8 Å². The number of hydrogen-bond donors (Lipinski definition) is 3. The van der Waals surface area contributed by atoms with Crippen LogP contribution in [0.3, 0.4) is 0 Å². The zero-order valence-electron chi connectivity index (χ0n) is 56.6. The third-order valence-electron chi connectivity index (χ3n) is 19.4. The highest BCUT2D eigenvalue weighted by Gasteiger charge is 2.51. The number of fused-ring (bicyclic) bond motifs is 2. The van der Waals surface area contributed by atoms with Crippen molar-refractivity contribution in [1.82, 2.24) is 55.1 Å². The van der Waals surface area contributed by atoms with Gasteiger partial charge in [0.1, 0.15) is 53.9 Å². The molecule has 1 aliphatic carbocycles. The molecule has 1 saturated carbocycles. The summed E-state index contributed by atoms with van der Waals surface area (Å²) in [6.07, 6.45) is -1.44. The Balaban J connectivity index is 1.58. The minimum Gasteiger partial charge on any atom is -0.379 e. The molecular formula is C65H101ClF3N11O12. The largest absolute Gasteiger partial charge is 0.417 e. The van der Waals surface area contributed by atoms with Crippen LogP contribution in [0.1, 0.15) is 157 Å². The lowest BCUT2D eigenvalue weighted by molar-refractivity contribution is -0.161. The van der Waals surface area contributed by atoms with Crippen LogP contribution in [0.5, 0.6) is 0 Å². The predicted molar refractivity (Wildman–Crippen MR) is 339 cm³/mol. The van der Waals surface area contributed by atoms with Crippen LogP contribution in [0.2, 0.25) is 5.02 Å². The SMILES string of the molecule is CCCOC[C@H]1C(=O)N(C)CC(=O)N[C@@H](CCc2ccc(C(F)(F)F)c(Cl)c2)C(=O)N2CCC[C@H]2C(=O)NC2(CCCC2)C(=O)N(C)[C@@H]([C@@H](C)CC)C(=O)N(C)[C@H](C)CC(=O)N(C)[C@@H](CC(C)C)C(=O)N[C@@H]([C@@H](C)CC)C(=O)N(C)[C@@H](C)C(=O)N2CC[C@H]2C(=O)N1C. The van der Waals surface area contributed by atoms with Gasteiger partial charge in [0, 0.05) is 74.4 Å². The molecule has 0 aromatic heterocycles. The van der Waals surface area contributed by atoms with E-state index in [1.54, 1.807) is 13.8 Å². The molecule has 3 saturated heterocycles. The van der Waals surface area contributed by atoms with Crippen molar-refractivity contribution >= 4 is 76.6 Å². The number of rotatable bonds is 13. The lowest BCUT2D eigenvalue weighted by Crippen LogP contribution is -2.65. The van der Waals surface area contributed by atoms with Gasteiger partial charge < -0.3 is 59.9 Å². The molecule has 11 amide bonds. The maximum atomic E-state index is 15.2. The van der Waals surface area contributed by atoms with Gasteiger partial charge in [-0.3, -0.25) is 52.7 Å². The van der Waals surface area contributed by atoms with E-state index in [4.69, 9.17) is 16.3 Å². The second-order valence-electron chi connectivity index (χ2n) is 26.4. The van der Waals surface area contributed by atoms with E-state index in [1.165, 1.54) is 84.7 Å². The minimum atomic E-state index is -4.75. The summed E-state index contributed by atoms with van der Waals surface area (Å²) >= 11 is 6.11. The van der Waals surface area contributed by atoms with Crippen molar-refractivity contribution in [3.63, 3.8) is 0 Å². The molecule has 0 bridgehead atoms. The average Bonchev–Trinajstić information content (AvgIpc) is 1.30. The number of alkyl halides is 3. The maximum Gasteiger partial charge on any atom is 0.417 e. The van der Waals surface area contributed by atoms with Gasteiger partial charge in [-0.25, -0.2) is 0 Å². The van der Waals surface area contributed by atoms with Gasteiger partial charge in [0.2, 0.25) is 65.0 Å². The van der Waals surface area contributed by atoms with Gasteiger partial charge in [0.15, 0.2) is 0 Å². The van der Waals surface area contributed by atoms with Gasteiger partial charge in [-0.2, -0.15) is 13.2 Å². The van der Waals surface area contributed by atoms with Gasteiger partial charge in [-0.1, -0.05) is 91.8 Å². The van der Waals surface area contributed by atoms with Gasteiger partial charge >= 0.3 is 6.18 Å². The standard InChI is InChI=1S/C65H101ClF3N11O12/c1-16-32-92-37-50-59(87)73(10)36-51(81)70-46(26-24-43-23-25-44(45(66)35-43)65(67,68)69)58(86)79-30-21-22-47(79)56(84)72-64(28-19-20-29-64)63(91)78(15)54(40(7)18-3)62(90)74(11)41(8)34-52(82)76(13)49(33-38(4)5)55(83)71-53(39(6)17-2)61(89)75(12)42(9)57(85)80-31-27-48(80)60(88)77(50)14/h23,25,35,38-42,46-50,53-54H,16-22,24,26-34,36-37H2,1-15H3,(H,70,81)(H,71,83)(H,72,84)/t39-,40-,41+,42-,46-,47-,48-,49-,50-,53-,54-/m0/s1. The molecule has 3 N–H and O–H groups in total. The molecule has 5 rings (SSSR count). The van der Waals surface area contributed by atoms with Crippen LogP contribution in [0.25, 0.3) is 0 Å². The predicted octanol–water partition coefficient (Wildman–Crippen LogP) is 4.88. The number of likely N-dealkylation sites (N-methyl/N-ethyl adjacent to an activating group) is 6. The Hall–Kier alpha value is -6.57. The summed E-state index contributed by atoms with van der Waals surface area (Å²) in [4.78, 5) is 172. The summed E-state index contributed by atoms with van der Waals surface area (Å²) in [6.45, 7) is 15.5. The number of ether oxygens (including phenoxy) is 1. The van der Waals surface area contributed by atoms with E-state index in [9.17, 15) is 56.3 Å². The zero-order valence-corrected chi connectivity index (χ0v) is 57.3. The highest BCUT2D eigenvalue weighted by molar-refractivity contribution is 6.31. The van der Waals surface area contributed by atoms with Crippen molar-refractivity contribution in [1.29, 1.82) is 0 Å². The molecule has 4 fully saturated rings. The smallest absolute Gasteiger partial charge is 0.379 e. The van der Waals surface area contributed by atoms with Crippen LogP contribution in [-0.4, -0.2) is 239 Å². The van der Waals surface area contributed by atoms with Crippen LogP contribution in [-0.2, 0) is 70.1 Å². The van der Waals surface area contributed by atoms with Gasteiger partial charge in [-0.05, 0) is 107 Å². The summed E-state index contributed by atoms with van der Waals surface area (Å²) in [5.74, 6) is -7.85. The number of amides is 11. The van der Waals surface area contributed by atoms with E-state index >= 15 is 9.59 Å². The Morgan fingerprint density at radius 2 is 1.30 bits per heavy atom. The van der Waals surface area contributed by atoms with Crippen molar-refractivity contribution in [2.24, 2.45) is 17.8 Å². The first kappa shape index (κ1) is 76.1. The number of benzene rings is 1. The third kappa shape index (κ3) is 18.0. The molecule has 27 heteroatoms. The van der Waals surface area contributed by atoms with E-state index in [0.29, 0.717) is 44.1 Å². The fourth-order valence-corrected chi connectivity index (χ4v) is 13.0. The maximum absolute atomic E-state index is 15.2. The molecule has 516 valence electrons. The summed E-state index contributed by atoms with van der Waals surface area (Å²) in [5.41, 5.74) is -2.28. The lowest BCUT2D eigenvalue weighted by atomic mass is 9.90. The first-order chi connectivity index (χ1) is 43.1. The number of nitrogens with one attached hydrogen (secondary N) is 3. The molecule has 4 aliphatic rings. The van der Waals surface area contributed by atoms with Crippen LogP contribution in [0.15, 0.2) is 18.2 Å². The second-order valence-corrected chi connectivity index (χ2v) is 26.8. The summed E-state index contributed by atoms with van der Waals surface area (Å²) in [7, 11) is 8.65. The monoisotopic (exact) mass is 1320 g/mol. The van der Waals surface area contributed by atoms with Crippen molar-refractivity contribution in [3.8, 4) is 0 Å². The van der Waals surface area contributed by atoms with Crippen molar-refractivity contribution in [2.75, 3.05) is 75.1 Å². The Morgan fingerprint density at radius 3 is 1.87 bits per heavy atom. The summed E-state index contributed by atoms with van der Waals surface area (Å²) in [5, 5.41) is 8.08. The molecule has 3 heterocycles. The zero-order chi connectivity index (χ0) is 69.0. The quantitative estimate of drug-likeness (QED) is 0.223. The van der Waals surface area contributed by atoms with Gasteiger partial charge in [0.25, 0.3) is 0 Å². The van der Waals surface area contributed by atoms with E-state index in [-0.39, 0.29) is 83.6 Å². The van der Waals surface area contributed by atoms with Crippen LogP contribution in [0.4, 0.5) is 13.2 Å². The molecule has 1 spiro atoms. The van der Waals surface area contributed by atoms with Crippen LogP contribution >= 0.6 is 11.6 Å². The van der Waals surface area contributed by atoms with Crippen LogP contribution < -0.4 is 16.0 Å². The van der Waals surface area contributed by atoms with Gasteiger partial charge in [0.05, 0.1) is 23.7 Å².